The average Bonchev–Trinajstić information content (AvgIpc) is 3.17. The highest BCUT2D eigenvalue weighted by molar-refractivity contribution is 7.09. The van der Waals surface area contributed by atoms with Crippen molar-refractivity contribution < 1.29 is 14.3 Å². The van der Waals surface area contributed by atoms with Gasteiger partial charge in [-0.15, -0.1) is 11.3 Å². The third kappa shape index (κ3) is 3.18. The summed E-state index contributed by atoms with van der Waals surface area (Å²) in [7, 11) is 0. The van der Waals surface area contributed by atoms with Crippen LogP contribution in [0.4, 0.5) is 4.39 Å². The number of hydrogen-bond donors (Lipinski definition) is 1. The second kappa shape index (κ2) is 6.54. The van der Waals surface area contributed by atoms with Crippen molar-refractivity contribution >= 4 is 17.2 Å². The molecule has 0 aliphatic carbocycles. The van der Waals surface area contributed by atoms with Gasteiger partial charge in [-0.1, -0.05) is 12.1 Å². The topological polar surface area (TPSA) is 53.4 Å². The van der Waals surface area contributed by atoms with Crippen molar-refractivity contribution in [2.75, 3.05) is 13.2 Å². The van der Waals surface area contributed by atoms with Crippen LogP contribution < -0.4 is 0 Å². The fourth-order valence-corrected chi connectivity index (χ4v) is 3.51. The van der Waals surface area contributed by atoms with Gasteiger partial charge in [-0.25, -0.2) is 9.37 Å². The molecule has 1 fully saturated rings. The number of carbonyl (C=O) groups is 1. The van der Waals surface area contributed by atoms with Crippen LogP contribution in [0.25, 0.3) is 0 Å². The van der Waals surface area contributed by atoms with Crippen LogP contribution in [-0.2, 0) is 6.42 Å². The van der Waals surface area contributed by atoms with Gasteiger partial charge in [-0.3, -0.25) is 4.79 Å². The lowest BCUT2D eigenvalue weighted by Crippen LogP contribution is -2.37. The van der Waals surface area contributed by atoms with E-state index in [0.717, 1.165) is 23.4 Å². The lowest BCUT2D eigenvalue weighted by molar-refractivity contribution is 0.0672. The number of amides is 1. The van der Waals surface area contributed by atoms with E-state index in [4.69, 9.17) is 0 Å². The largest absolute Gasteiger partial charge is 0.394 e. The summed E-state index contributed by atoms with van der Waals surface area (Å²) < 4.78 is 12.9. The number of aliphatic hydroxyl groups is 1. The van der Waals surface area contributed by atoms with Gasteiger partial charge in [0, 0.05) is 18.3 Å². The molecule has 1 aromatic heterocycles. The van der Waals surface area contributed by atoms with Crippen molar-refractivity contribution in [3.63, 3.8) is 0 Å². The van der Waals surface area contributed by atoms with E-state index in [-0.39, 0.29) is 24.4 Å². The molecule has 2 aromatic rings. The lowest BCUT2D eigenvalue weighted by Gasteiger charge is -2.21. The standard InChI is InChI=1S/C16H17FN2O2S/c17-12-5-3-11(4-6-12)8-15-18-14(10-22-15)16(21)19-7-1-2-13(19)9-20/h3-6,10,13,20H,1-2,7-9H2. The number of nitrogens with zero attached hydrogens (tertiary/aromatic N) is 2. The highest BCUT2D eigenvalue weighted by atomic mass is 32.1. The minimum absolute atomic E-state index is 0.00167. The molecule has 0 bridgehead atoms. The predicted molar refractivity (Wildman–Crippen MR) is 82.5 cm³/mol. The number of aliphatic hydroxyl groups excluding tert-OH is 1. The maximum absolute atomic E-state index is 12.9. The zero-order valence-corrected chi connectivity index (χ0v) is 12.9. The van der Waals surface area contributed by atoms with Gasteiger partial charge in [0.2, 0.25) is 0 Å². The van der Waals surface area contributed by atoms with Crippen molar-refractivity contribution in [2.24, 2.45) is 0 Å². The predicted octanol–water partition coefficient (Wildman–Crippen LogP) is 2.47. The SMILES string of the molecule is O=C(c1csc(Cc2ccc(F)cc2)n1)N1CCCC1CO. The zero-order chi connectivity index (χ0) is 15.5. The van der Waals surface area contributed by atoms with Gasteiger partial charge in [0.15, 0.2) is 0 Å². The Morgan fingerprint density at radius 1 is 1.41 bits per heavy atom. The molecule has 1 amide bonds. The molecule has 1 N–H and O–H groups in total. The Hall–Kier alpha value is -1.79. The molecule has 0 radical (unpaired) electrons. The first kappa shape index (κ1) is 15.1. The molecule has 2 heterocycles. The summed E-state index contributed by atoms with van der Waals surface area (Å²) in [6.45, 7) is 0.674. The van der Waals surface area contributed by atoms with E-state index in [1.165, 1.54) is 23.5 Å². The van der Waals surface area contributed by atoms with E-state index in [2.05, 4.69) is 4.98 Å². The normalized spacial score (nSPS) is 17.9. The number of carbonyl (C=O) groups excluding carboxylic acids is 1. The highest BCUT2D eigenvalue weighted by Gasteiger charge is 2.29. The Labute approximate surface area is 132 Å². The smallest absolute Gasteiger partial charge is 0.273 e. The second-order valence-electron chi connectivity index (χ2n) is 5.41. The summed E-state index contributed by atoms with van der Waals surface area (Å²) in [6, 6.07) is 6.20. The fraction of sp³-hybridized carbons (Fsp3) is 0.375. The van der Waals surface area contributed by atoms with Crippen LogP contribution in [0, 0.1) is 5.82 Å². The molecule has 0 saturated carbocycles. The third-order valence-electron chi connectivity index (χ3n) is 3.89. The van der Waals surface area contributed by atoms with E-state index >= 15 is 0 Å². The Bertz CT molecular complexity index is 656. The molecule has 1 unspecified atom stereocenters. The van der Waals surface area contributed by atoms with Crippen molar-refractivity contribution in [1.82, 2.24) is 9.88 Å². The van der Waals surface area contributed by atoms with Gasteiger partial charge in [0.05, 0.1) is 17.7 Å². The fourth-order valence-electron chi connectivity index (χ4n) is 2.71. The number of thiazole rings is 1. The van der Waals surface area contributed by atoms with Gasteiger partial charge < -0.3 is 10.0 Å². The summed E-state index contributed by atoms with van der Waals surface area (Å²) >= 11 is 1.43. The Balaban J connectivity index is 1.70. The molecule has 1 aliphatic rings. The van der Waals surface area contributed by atoms with E-state index in [1.54, 1.807) is 22.4 Å². The first-order chi connectivity index (χ1) is 10.7. The Morgan fingerprint density at radius 2 is 2.18 bits per heavy atom. The number of hydrogen-bond acceptors (Lipinski definition) is 4. The number of aromatic nitrogens is 1. The maximum Gasteiger partial charge on any atom is 0.273 e. The van der Waals surface area contributed by atoms with Crippen molar-refractivity contribution in [3.05, 3.63) is 51.7 Å². The van der Waals surface area contributed by atoms with Gasteiger partial charge in [0.25, 0.3) is 5.91 Å². The highest BCUT2D eigenvalue weighted by Crippen LogP contribution is 2.22. The van der Waals surface area contributed by atoms with Crippen molar-refractivity contribution in [2.45, 2.75) is 25.3 Å². The van der Waals surface area contributed by atoms with E-state index in [1.807, 2.05) is 0 Å². The summed E-state index contributed by atoms with van der Waals surface area (Å²) in [5, 5.41) is 11.9. The molecule has 1 saturated heterocycles. The zero-order valence-electron chi connectivity index (χ0n) is 12.0. The van der Waals surface area contributed by atoms with Crippen LogP contribution in [-0.4, -0.2) is 40.1 Å². The molecule has 1 atom stereocenters. The minimum Gasteiger partial charge on any atom is -0.394 e. The summed E-state index contributed by atoms with van der Waals surface area (Å²) in [4.78, 5) is 18.5. The molecule has 0 spiro atoms. The molecule has 6 heteroatoms. The van der Waals surface area contributed by atoms with Gasteiger partial charge >= 0.3 is 0 Å². The van der Waals surface area contributed by atoms with Gasteiger partial charge in [-0.2, -0.15) is 0 Å². The van der Waals surface area contributed by atoms with Gasteiger partial charge in [-0.05, 0) is 30.5 Å². The second-order valence-corrected chi connectivity index (χ2v) is 6.35. The molecule has 4 nitrogen and oxygen atoms in total. The summed E-state index contributed by atoms with van der Waals surface area (Å²) in [5.41, 5.74) is 1.40. The van der Waals surface area contributed by atoms with Crippen molar-refractivity contribution in [3.8, 4) is 0 Å². The third-order valence-corrected chi connectivity index (χ3v) is 4.74. The van der Waals surface area contributed by atoms with Crippen LogP contribution in [0.1, 0.15) is 33.9 Å². The molecular weight excluding hydrogens is 303 g/mol. The van der Waals surface area contributed by atoms with Crippen molar-refractivity contribution in [1.29, 1.82) is 0 Å². The molecule has 1 aromatic carbocycles. The average molecular weight is 320 g/mol. The quantitative estimate of drug-likeness (QED) is 0.941. The van der Waals surface area contributed by atoms with E-state index in [0.29, 0.717) is 18.7 Å². The first-order valence-electron chi connectivity index (χ1n) is 7.28. The summed E-state index contributed by atoms with van der Waals surface area (Å²) in [6.07, 6.45) is 2.35. The van der Waals surface area contributed by atoms with Crippen LogP contribution >= 0.6 is 11.3 Å². The molecule has 116 valence electrons. The Morgan fingerprint density at radius 3 is 2.91 bits per heavy atom. The van der Waals surface area contributed by atoms with Crippen LogP contribution in [0.2, 0.25) is 0 Å². The van der Waals surface area contributed by atoms with Crippen LogP contribution in [0.5, 0.6) is 0 Å². The number of halogens is 1. The number of likely N-dealkylation sites (tertiary alicyclic amines) is 1. The Kier molecular flexibility index (Phi) is 4.49. The number of benzene rings is 1. The molecule has 22 heavy (non-hydrogen) atoms. The first-order valence-corrected chi connectivity index (χ1v) is 8.16. The van der Waals surface area contributed by atoms with Crippen LogP contribution in [0.15, 0.2) is 29.6 Å². The monoisotopic (exact) mass is 320 g/mol. The van der Waals surface area contributed by atoms with E-state index in [9.17, 15) is 14.3 Å². The maximum atomic E-state index is 12.9. The lowest BCUT2D eigenvalue weighted by atomic mass is 10.1. The number of rotatable bonds is 4. The van der Waals surface area contributed by atoms with E-state index < -0.39 is 0 Å². The molecule has 3 rings (SSSR count). The van der Waals surface area contributed by atoms with Gasteiger partial charge in [0.1, 0.15) is 11.5 Å². The molecule has 1 aliphatic heterocycles. The summed E-state index contributed by atoms with van der Waals surface area (Å²) in [5.74, 6) is -0.374. The molecular formula is C16H17FN2O2S. The minimum atomic E-state index is -0.261. The van der Waals surface area contributed by atoms with Crippen LogP contribution in [0.3, 0.4) is 0 Å².